The van der Waals surface area contributed by atoms with E-state index in [0.29, 0.717) is 10.8 Å². The van der Waals surface area contributed by atoms with E-state index in [-0.39, 0.29) is 11.9 Å². The first-order chi connectivity index (χ1) is 15.0. The molecule has 0 radical (unpaired) electrons. The molecule has 0 spiro atoms. The van der Waals surface area contributed by atoms with Crippen molar-refractivity contribution in [2.24, 2.45) is 0 Å². The monoisotopic (exact) mass is 435 g/mol. The smallest absolute Gasteiger partial charge is 0.217 e. The van der Waals surface area contributed by atoms with Crippen LogP contribution in [0.15, 0.2) is 42.9 Å². The summed E-state index contributed by atoms with van der Waals surface area (Å²) in [6.45, 7) is 5.13. The fraction of sp³-hybridized carbons (Fsp3) is 0.273. The van der Waals surface area contributed by atoms with Crippen molar-refractivity contribution in [2.45, 2.75) is 26.3 Å². The molecule has 1 unspecified atom stereocenters. The summed E-state index contributed by atoms with van der Waals surface area (Å²) in [5, 5.41) is 7.00. The Labute approximate surface area is 184 Å². The summed E-state index contributed by atoms with van der Waals surface area (Å²) in [6.07, 6.45) is 4.40. The summed E-state index contributed by atoms with van der Waals surface area (Å²) < 4.78 is 1.93. The van der Waals surface area contributed by atoms with Crippen LogP contribution in [0.4, 0.5) is 17.3 Å². The number of hydrogen-bond acceptors (Lipinski definition) is 6. The van der Waals surface area contributed by atoms with Crippen molar-refractivity contribution in [3.8, 4) is 0 Å². The average Bonchev–Trinajstić information content (AvgIpc) is 3.40. The summed E-state index contributed by atoms with van der Waals surface area (Å²) in [5.41, 5.74) is 4.15. The first-order valence-corrected chi connectivity index (χ1v) is 10.5. The number of imidazole rings is 1. The molecule has 9 heteroatoms. The molecule has 3 aromatic heterocycles. The lowest BCUT2D eigenvalue weighted by Crippen LogP contribution is -2.35. The molecule has 1 aliphatic rings. The van der Waals surface area contributed by atoms with Crippen molar-refractivity contribution in [1.29, 1.82) is 0 Å². The van der Waals surface area contributed by atoms with Crippen molar-refractivity contribution >= 4 is 51.5 Å². The van der Waals surface area contributed by atoms with Gasteiger partial charge in [0, 0.05) is 26.1 Å². The summed E-state index contributed by atoms with van der Waals surface area (Å²) in [5.74, 6) is 1.53. The van der Waals surface area contributed by atoms with Crippen LogP contribution in [-0.2, 0) is 4.79 Å². The van der Waals surface area contributed by atoms with Crippen LogP contribution in [0, 0.1) is 6.92 Å². The molecule has 1 atom stereocenters. The Balaban J connectivity index is 1.53. The lowest BCUT2D eigenvalue weighted by atomic mass is 10.2. The van der Waals surface area contributed by atoms with E-state index >= 15 is 0 Å². The average molecular weight is 436 g/mol. The van der Waals surface area contributed by atoms with Gasteiger partial charge < -0.3 is 15.5 Å². The minimum absolute atomic E-state index is 0.00331. The molecule has 8 nitrogen and oxygen atoms in total. The molecule has 0 saturated carbocycles. The number of halogens is 1. The molecule has 1 saturated heterocycles. The number of benzene rings is 1. The summed E-state index contributed by atoms with van der Waals surface area (Å²) in [6, 6.07) is 9.86. The third kappa shape index (κ3) is 3.63. The van der Waals surface area contributed by atoms with Gasteiger partial charge in [0.05, 0.1) is 16.9 Å². The second-order valence-electron chi connectivity index (χ2n) is 7.81. The lowest BCUT2D eigenvalue weighted by Gasteiger charge is -2.19. The van der Waals surface area contributed by atoms with Crippen molar-refractivity contribution < 1.29 is 4.79 Å². The van der Waals surface area contributed by atoms with Gasteiger partial charge in [-0.2, -0.15) is 0 Å². The minimum atomic E-state index is -0.00331. The number of nitrogens with zero attached hydrogens (tertiary/aromatic N) is 5. The van der Waals surface area contributed by atoms with Crippen molar-refractivity contribution in [3.05, 3.63) is 53.4 Å². The molecular weight excluding hydrogens is 414 g/mol. The zero-order valence-corrected chi connectivity index (χ0v) is 18.0. The topological polar surface area (TPSA) is 87.5 Å². The van der Waals surface area contributed by atoms with Gasteiger partial charge in [-0.25, -0.2) is 15.0 Å². The summed E-state index contributed by atoms with van der Waals surface area (Å²) in [7, 11) is 0. The molecule has 4 heterocycles. The number of aryl methyl sites for hydroxylation is 1. The molecule has 0 bridgehead atoms. The zero-order chi connectivity index (χ0) is 21.5. The molecule has 4 aromatic rings. The molecule has 1 fully saturated rings. The van der Waals surface area contributed by atoms with Crippen LogP contribution < -0.4 is 15.5 Å². The third-order valence-electron chi connectivity index (χ3n) is 5.57. The largest absolute Gasteiger partial charge is 0.354 e. The minimum Gasteiger partial charge on any atom is -0.354 e. The number of nitrogens with one attached hydrogen (secondary N) is 2. The number of fused-ring (bicyclic) bond motifs is 3. The van der Waals surface area contributed by atoms with Gasteiger partial charge in [-0.05, 0) is 37.1 Å². The van der Waals surface area contributed by atoms with Crippen LogP contribution >= 0.6 is 11.6 Å². The number of anilines is 3. The molecular formula is C22H22ClN7O. The van der Waals surface area contributed by atoms with Crippen LogP contribution in [0.1, 0.15) is 18.9 Å². The molecule has 31 heavy (non-hydrogen) atoms. The Kier molecular flexibility index (Phi) is 4.86. The number of rotatable bonds is 4. The van der Waals surface area contributed by atoms with E-state index in [1.54, 1.807) is 19.4 Å². The van der Waals surface area contributed by atoms with Gasteiger partial charge in [-0.15, -0.1) is 0 Å². The van der Waals surface area contributed by atoms with Gasteiger partial charge in [0.1, 0.15) is 23.2 Å². The Morgan fingerprint density at radius 3 is 2.90 bits per heavy atom. The molecule has 5 rings (SSSR count). The van der Waals surface area contributed by atoms with Gasteiger partial charge in [0.15, 0.2) is 11.5 Å². The van der Waals surface area contributed by atoms with E-state index in [9.17, 15) is 4.79 Å². The maximum Gasteiger partial charge on any atom is 0.217 e. The number of pyridine rings is 1. The van der Waals surface area contributed by atoms with E-state index in [2.05, 4.69) is 20.5 Å². The Morgan fingerprint density at radius 1 is 1.23 bits per heavy atom. The van der Waals surface area contributed by atoms with Gasteiger partial charge in [-0.1, -0.05) is 23.7 Å². The summed E-state index contributed by atoms with van der Waals surface area (Å²) in [4.78, 5) is 27.5. The Bertz CT molecular complexity index is 1280. The van der Waals surface area contributed by atoms with Gasteiger partial charge in [0.25, 0.3) is 0 Å². The van der Waals surface area contributed by atoms with E-state index in [1.165, 1.54) is 0 Å². The van der Waals surface area contributed by atoms with E-state index in [1.807, 2.05) is 41.7 Å². The van der Waals surface area contributed by atoms with E-state index in [4.69, 9.17) is 21.6 Å². The Hall–Kier alpha value is -3.39. The third-order valence-corrected chi connectivity index (χ3v) is 5.88. The standard InChI is InChI=1S/C22H22ClN7O/c1-13-4-3-5-16(23)20(13)28-21-18-10-24-12-30(18)22-17(26-21)6-7-19(27-22)29-9-8-15(11-29)25-14(2)31/h3-7,10,12,15H,8-9,11H2,1-2H3,(H,25,31)(H,26,28). The lowest BCUT2D eigenvalue weighted by molar-refractivity contribution is -0.119. The highest BCUT2D eigenvalue weighted by Gasteiger charge is 2.24. The number of para-hydroxylation sites is 1. The first-order valence-electron chi connectivity index (χ1n) is 10.2. The van der Waals surface area contributed by atoms with Gasteiger partial charge in [0.2, 0.25) is 5.91 Å². The van der Waals surface area contributed by atoms with Crippen LogP contribution in [0.5, 0.6) is 0 Å². The number of carbonyl (C=O) groups is 1. The van der Waals surface area contributed by atoms with E-state index in [0.717, 1.165) is 53.3 Å². The van der Waals surface area contributed by atoms with Crippen molar-refractivity contribution in [3.63, 3.8) is 0 Å². The number of hydrogen-bond donors (Lipinski definition) is 2. The SMILES string of the molecule is CC(=O)NC1CCN(c2ccc3nc(Nc4c(C)cccc4Cl)c4cncn4c3n2)C1. The van der Waals surface area contributed by atoms with Gasteiger partial charge >= 0.3 is 0 Å². The maximum atomic E-state index is 11.4. The number of carbonyl (C=O) groups excluding carboxylic acids is 1. The maximum absolute atomic E-state index is 11.4. The molecule has 1 aliphatic heterocycles. The van der Waals surface area contributed by atoms with Crippen LogP contribution in [0.2, 0.25) is 5.02 Å². The number of aromatic nitrogens is 4. The van der Waals surface area contributed by atoms with Crippen molar-refractivity contribution in [1.82, 2.24) is 24.7 Å². The second-order valence-corrected chi connectivity index (χ2v) is 8.22. The highest BCUT2D eigenvalue weighted by Crippen LogP contribution is 2.31. The molecule has 158 valence electrons. The zero-order valence-electron chi connectivity index (χ0n) is 17.3. The highest BCUT2D eigenvalue weighted by atomic mass is 35.5. The second kappa shape index (κ2) is 7.70. The van der Waals surface area contributed by atoms with Crippen molar-refractivity contribution in [2.75, 3.05) is 23.3 Å². The van der Waals surface area contributed by atoms with Gasteiger partial charge in [-0.3, -0.25) is 9.20 Å². The fourth-order valence-electron chi connectivity index (χ4n) is 4.06. The number of amides is 1. The molecule has 1 amide bonds. The molecule has 0 aliphatic carbocycles. The molecule has 1 aromatic carbocycles. The van der Waals surface area contributed by atoms with Crippen LogP contribution in [0.3, 0.4) is 0 Å². The first kappa shape index (κ1) is 19.6. The Morgan fingerprint density at radius 2 is 2.10 bits per heavy atom. The molecule has 2 N–H and O–H groups in total. The predicted octanol–water partition coefficient (Wildman–Crippen LogP) is 3.70. The van der Waals surface area contributed by atoms with Crippen LogP contribution in [0.25, 0.3) is 16.7 Å². The highest BCUT2D eigenvalue weighted by molar-refractivity contribution is 6.33. The normalized spacial score (nSPS) is 16.2. The summed E-state index contributed by atoms with van der Waals surface area (Å²) >= 11 is 6.40. The van der Waals surface area contributed by atoms with E-state index < -0.39 is 0 Å². The predicted molar refractivity (Wildman–Crippen MR) is 122 cm³/mol. The van der Waals surface area contributed by atoms with Crippen LogP contribution in [-0.4, -0.2) is 44.4 Å². The fourth-order valence-corrected chi connectivity index (χ4v) is 4.33. The quantitative estimate of drug-likeness (QED) is 0.508.